The van der Waals surface area contributed by atoms with Crippen molar-refractivity contribution in [3.05, 3.63) is 59.7 Å². The van der Waals surface area contributed by atoms with E-state index in [1.807, 2.05) is 24.3 Å². The lowest BCUT2D eigenvalue weighted by Gasteiger charge is -2.20. The number of amides is 1. The first-order chi connectivity index (χ1) is 13.0. The van der Waals surface area contributed by atoms with Crippen LogP contribution in [0.15, 0.2) is 53.4 Å². The predicted molar refractivity (Wildman–Crippen MR) is 107 cm³/mol. The Morgan fingerprint density at radius 2 is 1.70 bits per heavy atom. The molecule has 27 heavy (non-hydrogen) atoms. The summed E-state index contributed by atoms with van der Waals surface area (Å²) in [7, 11) is -3.57. The summed E-state index contributed by atoms with van der Waals surface area (Å²) in [4.78, 5) is 12.8. The summed E-state index contributed by atoms with van der Waals surface area (Å²) in [5.41, 5.74) is 2.18. The Balaban J connectivity index is 1.80. The molecule has 144 valence electrons. The van der Waals surface area contributed by atoms with Crippen LogP contribution in [0.25, 0.3) is 0 Å². The van der Waals surface area contributed by atoms with Gasteiger partial charge in [-0.15, -0.1) is 0 Å². The van der Waals surface area contributed by atoms with Gasteiger partial charge in [0, 0.05) is 24.3 Å². The number of hydrogen-bond donors (Lipinski definition) is 1. The fraction of sp³-hybridized carbons (Fsp3) is 0.381. The van der Waals surface area contributed by atoms with Gasteiger partial charge in [-0.25, -0.2) is 8.42 Å². The van der Waals surface area contributed by atoms with Gasteiger partial charge in [0.15, 0.2) is 0 Å². The maximum atomic E-state index is 13.0. The second-order valence-electron chi connectivity index (χ2n) is 6.85. The van der Waals surface area contributed by atoms with E-state index in [0.29, 0.717) is 24.3 Å². The highest BCUT2D eigenvalue weighted by atomic mass is 32.2. The molecule has 1 heterocycles. The minimum absolute atomic E-state index is 0.180. The molecule has 2 aromatic carbocycles. The molecule has 0 saturated carbocycles. The Kier molecular flexibility index (Phi) is 6.29. The van der Waals surface area contributed by atoms with Gasteiger partial charge in [-0.1, -0.05) is 38.0 Å². The van der Waals surface area contributed by atoms with E-state index < -0.39 is 10.0 Å². The van der Waals surface area contributed by atoms with Gasteiger partial charge in [0.2, 0.25) is 10.0 Å². The summed E-state index contributed by atoms with van der Waals surface area (Å²) in [5.74, 6) is -0.309. The highest BCUT2D eigenvalue weighted by molar-refractivity contribution is 7.89. The van der Waals surface area contributed by atoms with E-state index in [1.54, 1.807) is 22.5 Å². The van der Waals surface area contributed by atoms with Crippen LogP contribution in [0.1, 0.15) is 48.5 Å². The number of anilines is 1. The average Bonchev–Trinajstić information content (AvgIpc) is 2.98. The zero-order valence-electron chi connectivity index (χ0n) is 15.6. The summed E-state index contributed by atoms with van der Waals surface area (Å²) in [6, 6.07) is 14.0. The van der Waals surface area contributed by atoms with Crippen molar-refractivity contribution in [1.29, 1.82) is 0 Å². The number of nitrogens with one attached hydrogen (secondary N) is 1. The molecule has 1 saturated heterocycles. The molecule has 2 aromatic rings. The van der Waals surface area contributed by atoms with Gasteiger partial charge in [-0.3, -0.25) is 4.79 Å². The van der Waals surface area contributed by atoms with Gasteiger partial charge < -0.3 is 5.32 Å². The third kappa shape index (κ3) is 4.76. The minimum atomic E-state index is -3.57. The van der Waals surface area contributed by atoms with Gasteiger partial charge >= 0.3 is 0 Å². The van der Waals surface area contributed by atoms with Crippen LogP contribution >= 0.6 is 0 Å². The zero-order valence-corrected chi connectivity index (χ0v) is 16.5. The monoisotopic (exact) mass is 386 g/mol. The highest BCUT2D eigenvalue weighted by Crippen LogP contribution is 2.22. The normalized spacial score (nSPS) is 15.9. The van der Waals surface area contributed by atoms with E-state index in [4.69, 9.17) is 0 Å². The molecule has 0 aliphatic carbocycles. The van der Waals surface area contributed by atoms with Gasteiger partial charge in [0.1, 0.15) is 0 Å². The number of carbonyl (C=O) groups is 1. The molecule has 0 bridgehead atoms. The lowest BCUT2D eigenvalue weighted by atomic mass is 10.1. The molecule has 1 N–H and O–H groups in total. The molecular weight excluding hydrogens is 360 g/mol. The Morgan fingerprint density at radius 3 is 2.41 bits per heavy atom. The molecule has 0 aromatic heterocycles. The maximum absolute atomic E-state index is 13.0. The number of aryl methyl sites for hydroxylation is 1. The van der Waals surface area contributed by atoms with Crippen molar-refractivity contribution in [2.75, 3.05) is 18.4 Å². The first-order valence-corrected chi connectivity index (χ1v) is 11.0. The molecule has 6 heteroatoms. The molecule has 0 unspecified atom stereocenters. The van der Waals surface area contributed by atoms with Crippen molar-refractivity contribution in [3.8, 4) is 0 Å². The van der Waals surface area contributed by atoms with E-state index >= 15 is 0 Å². The van der Waals surface area contributed by atoms with Crippen LogP contribution in [0.2, 0.25) is 0 Å². The van der Waals surface area contributed by atoms with E-state index in [0.717, 1.165) is 37.7 Å². The summed E-state index contributed by atoms with van der Waals surface area (Å²) < 4.78 is 27.4. The average molecular weight is 387 g/mol. The molecule has 0 spiro atoms. The van der Waals surface area contributed by atoms with Gasteiger partial charge in [0.05, 0.1) is 4.90 Å². The minimum Gasteiger partial charge on any atom is -0.322 e. The summed E-state index contributed by atoms with van der Waals surface area (Å²) in [6.07, 6.45) is 4.77. The van der Waals surface area contributed by atoms with Crippen molar-refractivity contribution in [2.24, 2.45) is 0 Å². The van der Waals surface area contributed by atoms with Gasteiger partial charge in [0.25, 0.3) is 5.91 Å². The Hall–Kier alpha value is -2.18. The van der Waals surface area contributed by atoms with E-state index in [2.05, 4.69) is 12.2 Å². The Bertz CT molecular complexity index is 901. The van der Waals surface area contributed by atoms with Crippen LogP contribution in [0, 0.1) is 0 Å². The fourth-order valence-electron chi connectivity index (χ4n) is 3.30. The topological polar surface area (TPSA) is 66.5 Å². The summed E-state index contributed by atoms with van der Waals surface area (Å²) in [5, 5.41) is 2.85. The van der Waals surface area contributed by atoms with E-state index in [1.165, 1.54) is 6.07 Å². The van der Waals surface area contributed by atoms with Crippen LogP contribution in [0.5, 0.6) is 0 Å². The van der Waals surface area contributed by atoms with E-state index in [9.17, 15) is 13.2 Å². The quantitative estimate of drug-likeness (QED) is 0.842. The number of carbonyl (C=O) groups excluding carboxylic acids is 1. The third-order valence-corrected chi connectivity index (χ3v) is 6.79. The van der Waals surface area contributed by atoms with Crippen LogP contribution < -0.4 is 5.32 Å². The predicted octanol–water partition coefficient (Wildman–Crippen LogP) is 4.07. The number of sulfonamides is 1. The number of benzene rings is 2. The first kappa shape index (κ1) is 19.6. The van der Waals surface area contributed by atoms with Crippen molar-refractivity contribution in [3.63, 3.8) is 0 Å². The maximum Gasteiger partial charge on any atom is 0.255 e. The van der Waals surface area contributed by atoms with Crippen LogP contribution in [0.3, 0.4) is 0 Å². The molecule has 3 rings (SSSR count). The number of nitrogens with zero attached hydrogens (tertiary/aromatic N) is 1. The lowest BCUT2D eigenvalue weighted by molar-refractivity contribution is 0.102. The van der Waals surface area contributed by atoms with Crippen molar-refractivity contribution in [1.82, 2.24) is 4.31 Å². The number of hydrogen-bond acceptors (Lipinski definition) is 3. The fourth-order valence-corrected chi connectivity index (χ4v) is 4.86. The Morgan fingerprint density at radius 1 is 1.00 bits per heavy atom. The van der Waals surface area contributed by atoms with Crippen LogP contribution in [-0.4, -0.2) is 31.7 Å². The molecule has 0 atom stereocenters. The zero-order chi connectivity index (χ0) is 19.3. The molecule has 1 aliphatic rings. The van der Waals surface area contributed by atoms with Crippen LogP contribution in [0.4, 0.5) is 5.69 Å². The molecule has 1 amide bonds. The lowest BCUT2D eigenvalue weighted by Crippen LogP contribution is -2.32. The molecule has 0 radical (unpaired) electrons. The Labute approximate surface area is 161 Å². The smallest absolute Gasteiger partial charge is 0.255 e. The summed E-state index contributed by atoms with van der Waals surface area (Å²) >= 11 is 0. The molecular formula is C21H26N2O3S. The second-order valence-corrected chi connectivity index (χ2v) is 8.79. The summed E-state index contributed by atoms with van der Waals surface area (Å²) in [6.45, 7) is 3.14. The van der Waals surface area contributed by atoms with Crippen molar-refractivity contribution in [2.45, 2.75) is 43.9 Å². The van der Waals surface area contributed by atoms with Gasteiger partial charge in [-0.05, 0) is 55.2 Å². The molecule has 1 aliphatic heterocycles. The van der Waals surface area contributed by atoms with Crippen LogP contribution in [-0.2, 0) is 16.4 Å². The number of rotatable bonds is 5. The molecule has 1 fully saturated rings. The highest BCUT2D eigenvalue weighted by Gasteiger charge is 2.25. The van der Waals surface area contributed by atoms with Crippen molar-refractivity contribution >= 4 is 21.6 Å². The van der Waals surface area contributed by atoms with Crippen molar-refractivity contribution < 1.29 is 13.2 Å². The molecule has 5 nitrogen and oxygen atoms in total. The largest absolute Gasteiger partial charge is 0.322 e. The second kappa shape index (κ2) is 8.67. The standard InChI is InChI=1S/C21H26N2O3S/c1-2-17-9-7-11-19(15-17)22-21(24)18-10-8-12-20(16-18)27(25,26)23-13-5-3-4-6-14-23/h7-12,15-16H,2-6,13-14H2,1H3,(H,22,24). The third-order valence-electron chi connectivity index (χ3n) is 4.89. The van der Waals surface area contributed by atoms with E-state index in [-0.39, 0.29) is 10.8 Å². The SMILES string of the molecule is CCc1cccc(NC(=O)c2cccc(S(=O)(=O)N3CCCCCC3)c2)c1. The van der Waals surface area contributed by atoms with Gasteiger partial charge in [-0.2, -0.15) is 4.31 Å². The first-order valence-electron chi connectivity index (χ1n) is 9.51.